The van der Waals surface area contributed by atoms with Gasteiger partial charge in [-0.25, -0.2) is 4.79 Å². The van der Waals surface area contributed by atoms with Crippen molar-refractivity contribution in [2.24, 2.45) is 5.16 Å². The van der Waals surface area contributed by atoms with E-state index in [9.17, 15) is 14.9 Å². The molecule has 1 aromatic rings. The van der Waals surface area contributed by atoms with Crippen LogP contribution in [0, 0.1) is 10.1 Å². The second-order valence-corrected chi connectivity index (χ2v) is 4.18. The molecule has 0 heterocycles. The van der Waals surface area contributed by atoms with Crippen LogP contribution in [-0.4, -0.2) is 23.2 Å². The first-order valence-electron chi connectivity index (χ1n) is 5.42. The van der Waals surface area contributed by atoms with Crippen LogP contribution in [0.1, 0.15) is 25.6 Å². The lowest BCUT2D eigenvalue weighted by atomic mass is 10.1. The average Bonchev–Trinajstić information content (AvgIpc) is 2.36. The number of carbonyl (C=O) groups is 1. The summed E-state index contributed by atoms with van der Waals surface area (Å²) in [6.45, 7) is 5.85. The first-order chi connectivity index (χ1) is 8.88. The van der Waals surface area contributed by atoms with Gasteiger partial charge in [0.2, 0.25) is 5.60 Å². The van der Waals surface area contributed by atoms with Crippen molar-refractivity contribution in [2.45, 2.75) is 25.7 Å². The van der Waals surface area contributed by atoms with E-state index < -0.39 is 22.7 Å². The highest BCUT2D eigenvalue weighted by Gasteiger charge is 2.38. The summed E-state index contributed by atoms with van der Waals surface area (Å²) < 4.78 is 4.86. The molecule has 1 atom stereocenters. The Morgan fingerprint density at radius 2 is 2.00 bits per heavy atom. The van der Waals surface area contributed by atoms with Crippen LogP contribution in [0.15, 0.2) is 35.5 Å². The Bertz CT molecular complexity index is 472. The fourth-order valence-electron chi connectivity index (χ4n) is 1.29. The first kappa shape index (κ1) is 14.6. The zero-order valence-corrected chi connectivity index (χ0v) is 10.6. The zero-order valence-electron chi connectivity index (χ0n) is 10.6. The predicted molar refractivity (Wildman–Crippen MR) is 67.0 cm³/mol. The largest absolute Gasteiger partial charge is 0.391 e. The Balaban J connectivity index is 2.90. The molecule has 0 saturated carbocycles. The number of benzene rings is 1. The molecular formula is C12H14N2O5. The molecule has 19 heavy (non-hydrogen) atoms. The Labute approximate surface area is 110 Å². The molecule has 1 rings (SSSR count). The van der Waals surface area contributed by atoms with Crippen molar-refractivity contribution in [3.8, 4) is 0 Å². The first-order valence-corrected chi connectivity index (χ1v) is 5.42. The summed E-state index contributed by atoms with van der Waals surface area (Å²) in [4.78, 5) is 26.8. The van der Waals surface area contributed by atoms with Crippen LogP contribution in [0.4, 0.5) is 0 Å². The topological polar surface area (TPSA) is 91.0 Å². The van der Waals surface area contributed by atoms with Crippen molar-refractivity contribution in [2.75, 3.05) is 0 Å². The van der Waals surface area contributed by atoms with Crippen molar-refractivity contribution in [1.82, 2.24) is 0 Å². The van der Waals surface area contributed by atoms with E-state index in [1.165, 1.54) is 26.0 Å². The van der Waals surface area contributed by atoms with Crippen LogP contribution >= 0.6 is 0 Å². The highest BCUT2D eigenvalue weighted by molar-refractivity contribution is 5.78. The third-order valence-electron chi connectivity index (χ3n) is 2.28. The van der Waals surface area contributed by atoms with Crippen LogP contribution in [0.25, 0.3) is 0 Å². The lowest BCUT2D eigenvalue weighted by molar-refractivity contribution is -0.576. The number of hydrogen-bond donors (Lipinski definition) is 0. The van der Waals surface area contributed by atoms with Crippen LogP contribution in [0.2, 0.25) is 0 Å². The normalized spacial score (nSPS) is 12.3. The molecule has 0 N–H and O–H groups in total. The van der Waals surface area contributed by atoms with Crippen molar-refractivity contribution in [3.63, 3.8) is 0 Å². The third-order valence-corrected chi connectivity index (χ3v) is 2.28. The van der Waals surface area contributed by atoms with Crippen molar-refractivity contribution in [3.05, 3.63) is 46.0 Å². The minimum Gasteiger partial charge on any atom is -0.391 e. The summed E-state index contributed by atoms with van der Waals surface area (Å²) in [5.74, 6) is -0.898. The molecule has 7 nitrogen and oxygen atoms in total. The molecule has 0 spiro atoms. The van der Waals surface area contributed by atoms with Crippen LogP contribution in [0.3, 0.4) is 0 Å². The number of carbonyl (C=O) groups excluding carboxylic acids is 1. The Kier molecular flexibility index (Phi) is 4.57. The van der Waals surface area contributed by atoms with Gasteiger partial charge in [0.25, 0.3) is 0 Å². The van der Waals surface area contributed by atoms with Crippen molar-refractivity contribution < 1.29 is 19.3 Å². The van der Waals surface area contributed by atoms with Gasteiger partial charge < -0.3 is 9.57 Å². The van der Waals surface area contributed by atoms with E-state index in [2.05, 4.69) is 11.9 Å². The second-order valence-electron chi connectivity index (χ2n) is 4.18. The monoisotopic (exact) mass is 266 g/mol. The summed E-state index contributed by atoms with van der Waals surface area (Å²) in [7, 11) is 0. The van der Waals surface area contributed by atoms with E-state index in [4.69, 9.17) is 9.57 Å². The SMILES string of the molecule is C=NOC(C)(C)C(=O)OC(c1ccccc1)[N+](=O)[O-]. The number of hydrogen-bond acceptors (Lipinski definition) is 6. The molecule has 0 bridgehead atoms. The number of nitrogens with zero attached hydrogens (tertiary/aromatic N) is 2. The Hall–Kier alpha value is -2.44. The Morgan fingerprint density at radius 3 is 2.47 bits per heavy atom. The average molecular weight is 266 g/mol. The summed E-state index contributed by atoms with van der Waals surface area (Å²) >= 11 is 0. The van der Waals surface area contributed by atoms with Gasteiger partial charge in [-0.2, -0.15) is 0 Å². The lowest BCUT2D eigenvalue weighted by Crippen LogP contribution is -2.37. The van der Waals surface area contributed by atoms with Crippen molar-refractivity contribution >= 4 is 12.7 Å². The summed E-state index contributed by atoms with van der Waals surface area (Å²) in [6.07, 6.45) is -1.58. The van der Waals surface area contributed by atoms with Gasteiger partial charge in [0.1, 0.15) is 0 Å². The zero-order chi connectivity index (χ0) is 14.5. The quantitative estimate of drug-likeness (QED) is 0.258. The van der Waals surface area contributed by atoms with Crippen LogP contribution < -0.4 is 0 Å². The van der Waals surface area contributed by atoms with E-state index in [-0.39, 0.29) is 5.56 Å². The number of esters is 1. The molecule has 0 saturated heterocycles. The van der Waals surface area contributed by atoms with E-state index in [0.717, 1.165) is 0 Å². The smallest absolute Gasteiger partial charge is 0.382 e. The number of rotatable bonds is 6. The molecule has 7 heteroatoms. The summed E-state index contributed by atoms with van der Waals surface area (Å²) in [5.41, 5.74) is -1.17. The van der Waals surface area contributed by atoms with E-state index >= 15 is 0 Å². The molecular weight excluding hydrogens is 252 g/mol. The second kappa shape index (κ2) is 5.94. The van der Waals surface area contributed by atoms with E-state index in [1.807, 2.05) is 0 Å². The van der Waals surface area contributed by atoms with E-state index in [1.54, 1.807) is 18.2 Å². The minimum atomic E-state index is -1.58. The lowest BCUT2D eigenvalue weighted by Gasteiger charge is -2.21. The summed E-state index contributed by atoms with van der Waals surface area (Å²) in [6, 6.07) is 7.94. The molecule has 0 aromatic heterocycles. The van der Waals surface area contributed by atoms with Gasteiger partial charge in [-0.3, -0.25) is 10.1 Å². The molecule has 1 unspecified atom stereocenters. The Morgan fingerprint density at radius 1 is 1.42 bits per heavy atom. The molecule has 0 aliphatic rings. The summed E-state index contributed by atoms with van der Waals surface area (Å²) in [5, 5.41) is 14.1. The molecule has 102 valence electrons. The predicted octanol–water partition coefficient (Wildman–Crippen LogP) is 1.92. The standard InChI is InChI=1S/C12H14N2O5/c1-12(2,19-13-3)11(15)18-10(14(16)17)9-7-5-4-6-8-9/h4-8,10H,3H2,1-2H3. The van der Waals surface area contributed by atoms with Gasteiger partial charge in [0.05, 0.1) is 10.5 Å². The molecule has 0 fully saturated rings. The molecule has 0 radical (unpaired) electrons. The third kappa shape index (κ3) is 3.77. The number of oxime groups is 1. The molecule has 0 amide bonds. The molecule has 1 aromatic carbocycles. The molecule has 0 aliphatic heterocycles. The van der Waals surface area contributed by atoms with Gasteiger partial charge in [-0.05, 0) is 26.0 Å². The highest BCUT2D eigenvalue weighted by atomic mass is 16.7. The maximum atomic E-state index is 11.8. The van der Waals surface area contributed by atoms with Crippen LogP contribution in [-0.2, 0) is 14.4 Å². The fourth-order valence-corrected chi connectivity index (χ4v) is 1.29. The number of ether oxygens (including phenoxy) is 1. The maximum absolute atomic E-state index is 11.8. The minimum absolute atomic E-state index is 0.267. The van der Waals surface area contributed by atoms with E-state index in [0.29, 0.717) is 0 Å². The number of nitro groups is 1. The van der Waals surface area contributed by atoms with Gasteiger partial charge in [-0.15, -0.1) is 5.16 Å². The highest BCUT2D eigenvalue weighted by Crippen LogP contribution is 2.22. The maximum Gasteiger partial charge on any atom is 0.382 e. The van der Waals surface area contributed by atoms with Gasteiger partial charge >= 0.3 is 12.2 Å². The van der Waals surface area contributed by atoms with Crippen LogP contribution in [0.5, 0.6) is 0 Å². The van der Waals surface area contributed by atoms with Gasteiger partial charge in [-0.1, -0.05) is 18.2 Å². The van der Waals surface area contributed by atoms with Gasteiger partial charge in [0, 0.05) is 6.72 Å². The van der Waals surface area contributed by atoms with Gasteiger partial charge in [0.15, 0.2) is 0 Å². The molecule has 0 aliphatic carbocycles. The fraction of sp³-hybridized carbons (Fsp3) is 0.333. The van der Waals surface area contributed by atoms with Crippen molar-refractivity contribution in [1.29, 1.82) is 0 Å².